The molecule has 27 heavy (non-hydrogen) atoms. The van der Waals surface area contributed by atoms with Crippen LogP contribution in [0.4, 0.5) is 10.5 Å². The van der Waals surface area contributed by atoms with Crippen LogP contribution in [-0.2, 0) is 4.79 Å². The summed E-state index contributed by atoms with van der Waals surface area (Å²) in [7, 11) is 1.92. The number of benzene rings is 1. The van der Waals surface area contributed by atoms with E-state index in [0.29, 0.717) is 13.0 Å². The van der Waals surface area contributed by atoms with Crippen LogP contribution in [0.1, 0.15) is 38.8 Å². The molecule has 0 saturated carbocycles. The fourth-order valence-corrected chi connectivity index (χ4v) is 4.10. The topological polar surface area (TPSA) is 70.5 Å². The summed E-state index contributed by atoms with van der Waals surface area (Å²) in [6, 6.07) is 11.3. The van der Waals surface area contributed by atoms with E-state index in [1.807, 2.05) is 57.3 Å². The fraction of sp³-hybridized carbons (Fsp3) is 0.381. The van der Waals surface area contributed by atoms with Gasteiger partial charge in [-0.25, -0.2) is 14.1 Å². The first-order valence-corrected chi connectivity index (χ1v) is 9.23. The van der Waals surface area contributed by atoms with Crippen molar-refractivity contribution in [3.8, 4) is 11.3 Å². The summed E-state index contributed by atoms with van der Waals surface area (Å²) in [5.41, 5.74) is 3.50. The van der Waals surface area contributed by atoms with Gasteiger partial charge in [-0.3, -0.25) is 4.98 Å². The fourth-order valence-electron chi connectivity index (χ4n) is 4.10. The molecule has 0 fully saturated rings. The van der Waals surface area contributed by atoms with Gasteiger partial charge in [-0.05, 0) is 38.1 Å². The number of hydrogen-bond acceptors (Lipinski definition) is 3. The van der Waals surface area contributed by atoms with E-state index in [2.05, 4.69) is 4.98 Å². The van der Waals surface area contributed by atoms with Crippen molar-refractivity contribution in [3.63, 3.8) is 0 Å². The maximum absolute atomic E-state index is 12.6. The Morgan fingerprint density at radius 1 is 1.30 bits per heavy atom. The molecule has 142 valence electrons. The van der Waals surface area contributed by atoms with Crippen LogP contribution in [0.15, 0.2) is 42.6 Å². The van der Waals surface area contributed by atoms with Crippen LogP contribution in [0.2, 0.25) is 0 Å². The second-order valence-corrected chi connectivity index (χ2v) is 7.25. The third-order valence-electron chi connectivity index (χ3n) is 5.91. The van der Waals surface area contributed by atoms with Gasteiger partial charge in [0.05, 0.1) is 31.7 Å². The van der Waals surface area contributed by atoms with Crippen molar-refractivity contribution in [2.75, 3.05) is 13.6 Å². The molecule has 1 aliphatic heterocycles. The summed E-state index contributed by atoms with van der Waals surface area (Å²) < 4.78 is 0.172. The Bertz CT molecular complexity index is 868. The van der Waals surface area contributed by atoms with Crippen LogP contribution >= 0.6 is 0 Å². The van der Waals surface area contributed by atoms with Gasteiger partial charge in [0.2, 0.25) is 0 Å². The normalized spacial score (nSPS) is 24.1. The highest BCUT2D eigenvalue weighted by molar-refractivity contribution is 5.89. The molecule has 1 aliphatic rings. The van der Waals surface area contributed by atoms with Crippen LogP contribution in [0, 0.1) is 0 Å². The lowest BCUT2D eigenvalue weighted by atomic mass is 9.87. The number of quaternary nitrogens is 1. The molecule has 3 atom stereocenters. The largest absolute Gasteiger partial charge is 0.465 e. The molecule has 3 rings (SSSR count). The van der Waals surface area contributed by atoms with Crippen molar-refractivity contribution in [1.82, 2.24) is 14.4 Å². The number of fused-ring (bicyclic) bond motifs is 1. The zero-order valence-corrected chi connectivity index (χ0v) is 16.2. The number of carboxylic acid groups (broad SMARTS) is 1. The third-order valence-corrected chi connectivity index (χ3v) is 5.91. The number of nitrogens with zero attached hydrogens (tertiary/aromatic N) is 3. The Morgan fingerprint density at radius 2 is 2.04 bits per heavy atom. The minimum absolute atomic E-state index is 0.0194. The highest BCUT2D eigenvalue weighted by Crippen LogP contribution is 2.45. The smallest absolute Gasteiger partial charge is 0.407 e. The van der Waals surface area contributed by atoms with Crippen LogP contribution in [0.3, 0.4) is 0 Å². The summed E-state index contributed by atoms with van der Waals surface area (Å²) in [6.45, 7) is 5.85. The number of carbonyl (C=O) groups is 2. The summed E-state index contributed by atoms with van der Waals surface area (Å²) in [6.07, 6.45) is 1.39. The van der Waals surface area contributed by atoms with E-state index in [0.717, 1.165) is 22.5 Å². The number of amides is 2. The van der Waals surface area contributed by atoms with Gasteiger partial charge in [-0.1, -0.05) is 6.07 Å². The molecule has 1 aromatic carbocycles. The van der Waals surface area contributed by atoms with Crippen molar-refractivity contribution in [1.29, 1.82) is 0 Å². The first kappa shape index (κ1) is 19.0. The standard InChI is InChI=1S/C21H25N3O3/c1-5-23(21(26)27)19-12-14(2)24(4,15(3)25)20-10-9-16(13-17(19)20)18-8-6-7-11-22-18/h6-11,13-14,19H,5,12H2,1-4H3/p+1/t14-,19+,24?/m0/s1. The zero-order valence-electron chi connectivity index (χ0n) is 16.2. The minimum atomic E-state index is -0.942. The van der Waals surface area contributed by atoms with Gasteiger partial charge in [0, 0.05) is 36.4 Å². The molecule has 2 heterocycles. The van der Waals surface area contributed by atoms with Gasteiger partial charge in [0.15, 0.2) is 0 Å². The number of hydrogen-bond donors (Lipinski definition) is 1. The van der Waals surface area contributed by atoms with Gasteiger partial charge in [0.25, 0.3) is 0 Å². The molecule has 2 amide bonds. The van der Waals surface area contributed by atoms with E-state index in [1.165, 1.54) is 4.90 Å². The second kappa shape index (κ2) is 7.12. The average molecular weight is 368 g/mol. The zero-order chi connectivity index (χ0) is 19.8. The Morgan fingerprint density at radius 3 is 2.59 bits per heavy atom. The number of rotatable bonds is 3. The molecule has 1 aromatic heterocycles. The van der Waals surface area contributed by atoms with E-state index < -0.39 is 6.09 Å². The number of pyridine rings is 1. The molecule has 2 aromatic rings. The van der Waals surface area contributed by atoms with Crippen LogP contribution < -0.4 is 4.48 Å². The molecular formula is C21H26N3O3+. The summed E-state index contributed by atoms with van der Waals surface area (Å²) >= 11 is 0. The second-order valence-electron chi connectivity index (χ2n) is 7.25. The van der Waals surface area contributed by atoms with Gasteiger partial charge >= 0.3 is 12.0 Å². The molecule has 0 aliphatic carbocycles. The van der Waals surface area contributed by atoms with Gasteiger partial charge in [-0.2, -0.15) is 0 Å². The first-order valence-electron chi connectivity index (χ1n) is 9.23. The molecule has 0 bridgehead atoms. The Labute approximate surface area is 159 Å². The van der Waals surface area contributed by atoms with Crippen molar-refractivity contribution >= 4 is 17.7 Å². The lowest BCUT2D eigenvalue weighted by molar-refractivity contribution is -0.129. The lowest BCUT2D eigenvalue weighted by Gasteiger charge is -2.45. The lowest BCUT2D eigenvalue weighted by Crippen LogP contribution is -2.60. The molecule has 0 radical (unpaired) electrons. The van der Waals surface area contributed by atoms with Crippen molar-refractivity contribution in [2.24, 2.45) is 0 Å². The molecule has 6 heteroatoms. The number of aromatic nitrogens is 1. The average Bonchev–Trinajstić information content (AvgIpc) is 2.66. The van der Waals surface area contributed by atoms with E-state index >= 15 is 0 Å². The van der Waals surface area contributed by atoms with Crippen LogP contribution in [-0.4, -0.2) is 46.6 Å². The Hall–Kier alpha value is -2.73. The maximum atomic E-state index is 12.6. The molecular weight excluding hydrogens is 342 g/mol. The van der Waals surface area contributed by atoms with E-state index in [-0.39, 0.29) is 22.5 Å². The van der Waals surface area contributed by atoms with E-state index in [4.69, 9.17) is 0 Å². The van der Waals surface area contributed by atoms with E-state index in [1.54, 1.807) is 13.1 Å². The number of carbonyl (C=O) groups excluding carboxylic acids is 1. The van der Waals surface area contributed by atoms with Crippen molar-refractivity contribution in [3.05, 3.63) is 48.2 Å². The SMILES string of the molecule is CCN(C(=O)O)[C@@H]1C[C@H](C)[N+](C)(C(C)=O)c2ccc(-c3ccccn3)cc21. The van der Waals surface area contributed by atoms with E-state index in [9.17, 15) is 14.7 Å². The predicted octanol–water partition coefficient (Wildman–Crippen LogP) is 4.07. The molecule has 6 nitrogen and oxygen atoms in total. The third kappa shape index (κ3) is 3.10. The predicted molar refractivity (Wildman–Crippen MR) is 105 cm³/mol. The molecule has 0 spiro atoms. The first-order chi connectivity index (χ1) is 12.8. The van der Waals surface area contributed by atoms with Gasteiger partial charge in [-0.15, -0.1) is 0 Å². The summed E-state index contributed by atoms with van der Waals surface area (Å²) in [5.74, 6) is 0.0474. The molecule has 1 unspecified atom stereocenters. The Kier molecular flexibility index (Phi) is 5.02. The highest BCUT2D eigenvalue weighted by Gasteiger charge is 2.47. The monoisotopic (exact) mass is 368 g/mol. The highest BCUT2D eigenvalue weighted by atomic mass is 16.4. The maximum Gasteiger partial charge on any atom is 0.407 e. The van der Waals surface area contributed by atoms with Crippen LogP contribution in [0.5, 0.6) is 0 Å². The minimum Gasteiger partial charge on any atom is -0.465 e. The Balaban J connectivity index is 2.22. The molecule has 0 saturated heterocycles. The summed E-state index contributed by atoms with van der Waals surface area (Å²) in [5, 5.41) is 9.70. The molecule has 1 N–H and O–H groups in total. The van der Waals surface area contributed by atoms with Crippen molar-refractivity contribution < 1.29 is 14.7 Å². The van der Waals surface area contributed by atoms with Gasteiger partial charge < -0.3 is 10.0 Å². The van der Waals surface area contributed by atoms with Gasteiger partial charge in [0.1, 0.15) is 5.69 Å². The van der Waals surface area contributed by atoms with Crippen molar-refractivity contribution in [2.45, 2.75) is 39.3 Å². The summed E-state index contributed by atoms with van der Waals surface area (Å²) in [4.78, 5) is 30.3. The van der Waals surface area contributed by atoms with Crippen LogP contribution in [0.25, 0.3) is 11.3 Å². The quantitative estimate of drug-likeness (QED) is 0.829.